The topological polar surface area (TPSA) is 152 Å². The second kappa shape index (κ2) is 10.5. The van der Waals surface area contributed by atoms with E-state index < -0.39 is 41.4 Å². The molecule has 1 aliphatic heterocycles. The van der Waals surface area contributed by atoms with Gasteiger partial charge in [0.25, 0.3) is 0 Å². The van der Waals surface area contributed by atoms with Crippen LogP contribution in [0.25, 0.3) is 11.2 Å². The monoisotopic (exact) mass is 543 g/mol. The van der Waals surface area contributed by atoms with E-state index in [1.807, 2.05) is 40.7 Å². The lowest BCUT2D eigenvalue weighted by atomic mass is 9.78. The van der Waals surface area contributed by atoms with Crippen LogP contribution >= 0.6 is 0 Å². The van der Waals surface area contributed by atoms with Crippen molar-refractivity contribution >= 4 is 28.9 Å². The summed E-state index contributed by atoms with van der Waals surface area (Å²) >= 11 is 0. The number of carbonyl (C=O) groups is 2. The molecule has 1 fully saturated rings. The Morgan fingerprint density at radius 3 is 2.69 bits per heavy atom. The fourth-order valence-electron chi connectivity index (χ4n) is 5.38. The molecule has 3 heterocycles. The quantitative estimate of drug-likeness (QED) is 0.246. The maximum Gasteiger partial charge on any atom is 0.312 e. The number of anilines is 1. The SMILES string of the molecule is CC[C@]1(COC(=O)CC(C)(C)c2c(C)cc(C)cc2OC(C)=O)O[C@@H](n2cnc3c(N)nc(F)nc32)C[C@@H]1O. The number of ether oxygens (including phenoxy) is 3. The van der Waals surface area contributed by atoms with Crippen LogP contribution in [-0.2, 0) is 24.5 Å². The van der Waals surface area contributed by atoms with Crippen molar-refractivity contribution in [1.29, 1.82) is 0 Å². The largest absolute Gasteiger partial charge is 0.462 e. The van der Waals surface area contributed by atoms with Crippen molar-refractivity contribution in [2.45, 2.75) is 84.2 Å². The predicted molar refractivity (Wildman–Crippen MR) is 139 cm³/mol. The van der Waals surface area contributed by atoms with E-state index in [4.69, 9.17) is 19.9 Å². The Bertz CT molecular complexity index is 1420. The van der Waals surface area contributed by atoms with Gasteiger partial charge in [0.2, 0.25) is 0 Å². The highest BCUT2D eigenvalue weighted by atomic mass is 19.1. The first-order chi connectivity index (χ1) is 18.3. The first-order valence-corrected chi connectivity index (χ1v) is 12.7. The van der Waals surface area contributed by atoms with E-state index in [2.05, 4.69) is 15.0 Å². The van der Waals surface area contributed by atoms with Gasteiger partial charge in [0.05, 0.1) is 18.9 Å². The van der Waals surface area contributed by atoms with Crippen LogP contribution in [-0.4, -0.2) is 54.9 Å². The van der Waals surface area contributed by atoms with Gasteiger partial charge < -0.3 is 25.1 Å². The molecule has 1 saturated heterocycles. The maximum atomic E-state index is 13.8. The Hall–Kier alpha value is -3.64. The minimum Gasteiger partial charge on any atom is -0.462 e. The fourth-order valence-corrected chi connectivity index (χ4v) is 5.38. The van der Waals surface area contributed by atoms with Crippen LogP contribution in [0.15, 0.2) is 18.5 Å². The van der Waals surface area contributed by atoms with Crippen LogP contribution < -0.4 is 10.5 Å². The summed E-state index contributed by atoms with van der Waals surface area (Å²) in [6.07, 6.45) is -0.849. The van der Waals surface area contributed by atoms with Gasteiger partial charge in [0, 0.05) is 24.3 Å². The number of nitrogens with zero attached hydrogens (tertiary/aromatic N) is 4. The van der Waals surface area contributed by atoms with Crippen LogP contribution in [0.2, 0.25) is 0 Å². The lowest BCUT2D eigenvalue weighted by molar-refractivity contribution is -0.167. The number of aryl methyl sites for hydroxylation is 2. The molecule has 0 amide bonds. The summed E-state index contributed by atoms with van der Waals surface area (Å²) in [5.74, 6) is -0.645. The highest BCUT2D eigenvalue weighted by Crippen LogP contribution is 2.42. The zero-order valence-corrected chi connectivity index (χ0v) is 22.9. The number of rotatable bonds is 8. The zero-order valence-electron chi connectivity index (χ0n) is 22.9. The van der Waals surface area contributed by atoms with Gasteiger partial charge in [0.1, 0.15) is 24.2 Å². The molecule has 210 valence electrons. The molecule has 0 radical (unpaired) electrons. The molecule has 3 atom stereocenters. The van der Waals surface area contributed by atoms with Gasteiger partial charge in [-0.1, -0.05) is 26.8 Å². The zero-order chi connectivity index (χ0) is 28.7. The lowest BCUT2D eigenvalue weighted by Gasteiger charge is -2.32. The molecule has 0 unspecified atom stereocenters. The number of carbonyl (C=O) groups excluding carboxylic acids is 2. The van der Waals surface area contributed by atoms with E-state index in [0.717, 1.165) is 16.7 Å². The van der Waals surface area contributed by atoms with E-state index >= 15 is 0 Å². The summed E-state index contributed by atoms with van der Waals surface area (Å²) in [6.45, 7) is 10.5. The van der Waals surface area contributed by atoms with Crippen molar-refractivity contribution in [1.82, 2.24) is 19.5 Å². The lowest BCUT2D eigenvalue weighted by Crippen LogP contribution is -2.44. The molecule has 11 nitrogen and oxygen atoms in total. The number of aliphatic hydroxyl groups excluding tert-OH is 1. The molecule has 1 aromatic carbocycles. The molecule has 39 heavy (non-hydrogen) atoms. The van der Waals surface area contributed by atoms with E-state index in [1.165, 1.54) is 17.8 Å². The Morgan fingerprint density at radius 2 is 2.03 bits per heavy atom. The standard InChI is InChI=1S/C27H34FN5O6/c1-7-27(18(35)10-19(39-27)33-13-30-22-23(29)31-25(28)32-24(22)33)12-37-20(36)11-26(5,6)21-15(3)8-14(2)9-17(21)38-16(4)34/h8-9,13,18-19,35H,7,10-12H2,1-6H3,(H2,29,31,32)/t18-,19+,27+/m0/s1. The molecule has 0 spiro atoms. The average Bonchev–Trinajstić information content (AvgIpc) is 3.37. The summed E-state index contributed by atoms with van der Waals surface area (Å²) in [6, 6.07) is 3.74. The third kappa shape index (κ3) is 5.57. The molecule has 0 aliphatic carbocycles. The number of nitrogens with two attached hydrogens (primary N) is 1. The molecule has 2 aromatic heterocycles. The fraction of sp³-hybridized carbons (Fsp3) is 0.519. The molecule has 4 rings (SSSR count). The van der Waals surface area contributed by atoms with Gasteiger partial charge in [-0.3, -0.25) is 14.2 Å². The Labute approximate surface area is 225 Å². The van der Waals surface area contributed by atoms with Crippen LogP contribution in [0.1, 0.15) is 69.9 Å². The van der Waals surface area contributed by atoms with E-state index in [9.17, 15) is 19.1 Å². The van der Waals surface area contributed by atoms with Crippen molar-refractivity contribution in [2.75, 3.05) is 12.3 Å². The van der Waals surface area contributed by atoms with Crippen molar-refractivity contribution in [3.63, 3.8) is 0 Å². The summed E-state index contributed by atoms with van der Waals surface area (Å²) in [4.78, 5) is 36.2. The molecule has 12 heteroatoms. The number of halogens is 1. The summed E-state index contributed by atoms with van der Waals surface area (Å²) in [7, 11) is 0. The third-order valence-corrected chi connectivity index (χ3v) is 7.17. The van der Waals surface area contributed by atoms with Gasteiger partial charge in [-0.05, 0) is 37.5 Å². The molecular formula is C27H34FN5O6. The first kappa shape index (κ1) is 28.4. The number of fused-ring (bicyclic) bond motifs is 1. The van der Waals surface area contributed by atoms with E-state index in [0.29, 0.717) is 12.2 Å². The molecule has 0 bridgehead atoms. The Morgan fingerprint density at radius 1 is 1.31 bits per heavy atom. The number of aromatic nitrogens is 4. The number of esters is 2. The highest BCUT2D eigenvalue weighted by molar-refractivity contribution is 5.81. The number of nitrogen functional groups attached to an aromatic ring is 1. The molecular weight excluding hydrogens is 509 g/mol. The van der Waals surface area contributed by atoms with Crippen molar-refractivity contribution in [2.24, 2.45) is 0 Å². The predicted octanol–water partition coefficient (Wildman–Crippen LogP) is 3.43. The summed E-state index contributed by atoms with van der Waals surface area (Å²) in [5.41, 5.74) is 6.76. The number of hydrogen-bond donors (Lipinski definition) is 2. The van der Waals surface area contributed by atoms with Gasteiger partial charge in [-0.2, -0.15) is 14.4 Å². The molecule has 1 aliphatic rings. The van der Waals surface area contributed by atoms with Crippen molar-refractivity contribution in [3.8, 4) is 5.75 Å². The highest BCUT2D eigenvalue weighted by Gasteiger charge is 2.49. The Balaban J connectivity index is 1.50. The maximum absolute atomic E-state index is 13.8. The molecule has 3 aromatic rings. The molecule has 0 saturated carbocycles. The van der Waals surface area contributed by atoms with E-state index in [-0.39, 0.29) is 36.4 Å². The second-order valence-electron chi connectivity index (χ2n) is 10.7. The van der Waals surface area contributed by atoms with Gasteiger partial charge in [-0.25, -0.2) is 4.98 Å². The van der Waals surface area contributed by atoms with Gasteiger partial charge in [-0.15, -0.1) is 0 Å². The number of imidazole rings is 1. The number of aliphatic hydroxyl groups is 1. The Kier molecular flexibility index (Phi) is 7.63. The van der Waals surface area contributed by atoms with Crippen molar-refractivity contribution < 1.29 is 33.3 Å². The smallest absolute Gasteiger partial charge is 0.312 e. The normalized spacial score (nSPS) is 21.3. The van der Waals surface area contributed by atoms with Gasteiger partial charge >= 0.3 is 18.0 Å². The summed E-state index contributed by atoms with van der Waals surface area (Å²) < 4.78 is 32.6. The number of benzene rings is 1. The van der Waals surface area contributed by atoms with Crippen LogP contribution in [0, 0.1) is 19.9 Å². The molecule has 3 N–H and O–H groups in total. The summed E-state index contributed by atoms with van der Waals surface area (Å²) in [5, 5.41) is 11.0. The third-order valence-electron chi connectivity index (χ3n) is 7.17. The van der Waals surface area contributed by atoms with Crippen molar-refractivity contribution in [3.05, 3.63) is 41.2 Å². The van der Waals surface area contributed by atoms with Crippen LogP contribution in [0.4, 0.5) is 10.2 Å². The van der Waals surface area contributed by atoms with Gasteiger partial charge in [0.15, 0.2) is 17.0 Å². The average molecular weight is 544 g/mol. The van der Waals surface area contributed by atoms with E-state index in [1.54, 1.807) is 6.07 Å². The second-order valence-corrected chi connectivity index (χ2v) is 10.7. The van der Waals surface area contributed by atoms with Crippen LogP contribution in [0.3, 0.4) is 0 Å². The number of hydrogen-bond acceptors (Lipinski definition) is 10. The first-order valence-electron chi connectivity index (χ1n) is 12.7. The minimum absolute atomic E-state index is 0.00782. The van der Waals surface area contributed by atoms with Crippen LogP contribution in [0.5, 0.6) is 5.75 Å². The minimum atomic E-state index is -1.19.